The molecule has 182 valence electrons. The number of halogens is 10. The standard InChI is InChI=1S/C12H10F10O8S/c1-5(10(15,16)17)6(23)30-9(7(24)28-2,11(18,19)20)29-4-3-8(13,14)12(21,22)31(25,26)27/h1,3-4H2,2H3,(H,25,26,27)/p-1. The van der Waals surface area contributed by atoms with E-state index >= 15 is 0 Å². The van der Waals surface area contributed by atoms with Crippen LogP contribution in [-0.2, 0) is 33.9 Å². The Balaban J connectivity index is 6.04. The molecule has 8 nitrogen and oxygen atoms in total. The van der Waals surface area contributed by atoms with E-state index in [1.165, 1.54) is 0 Å². The summed E-state index contributed by atoms with van der Waals surface area (Å²) in [5, 5.41) is -6.36. The number of rotatable bonds is 9. The lowest BCUT2D eigenvalue weighted by molar-refractivity contribution is -0.357. The lowest BCUT2D eigenvalue weighted by Crippen LogP contribution is -2.59. The summed E-state index contributed by atoms with van der Waals surface area (Å²) >= 11 is 0. The molecule has 0 amide bonds. The monoisotopic (exact) mass is 503 g/mol. The number of esters is 2. The van der Waals surface area contributed by atoms with Crippen LogP contribution in [0.1, 0.15) is 6.42 Å². The van der Waals surface area contributed by atoms with E-state index < -0.39 is 70.0 Å². The average Bonchev–Trinajstić information content (AvgIpc) is 2.55. The Kier molecular flexibility index (Phi) is 8.16. The van der Waals surface area contributed by atoms with E-state index in [2.05, 4.69) is 20.8 Å². The maximum atomic E-state index is 13.3. The van der Waals surface area contributed by atoms with E-state index in [4.69, 9.17) is 0 Å². The van der Waals surface area contributed by atoms with Gasteiger partial charge in [0.25, 0.3) is 0 Å². The highest BCUT2D eigenvalue weighted by atomic mass is 32.2. The van der Waals surface area contributed by atoms with Crippen molar-refractivity contribution in [3.63, 3.8) is 0 Å². The molecule has 0 rings (SSSR count). The van der Waals surface area contributed by atoms with Gasteiger partial charge in [-0.05, 0) is 0 Å². The average molecular weight is 503 g/mol. The molecule has 0 fully saturated rings. The molecule has 0 aliphatic heterocycles. The van der Waals surface area contributed by atoms with Crippen molar-refractivity contribution < 1.29 is 80.7 Å². The highest BCUT2D eigenvalue weighted by Gasteiger charge is 2.69. The third-order valence-corrected chi connectivity index (χ3v) is 4.04. The lowest BCUT2D eigenvalue weighted by Gasteiger charge is -2.33. The second kappa shape index (κ2) is 8.77. The summed E-state index contributed by atoms with van der Waals surface area (Å²) in [5.41, 5.74) is -2.62. The summed E-state index contributed by atoms with van der Waals surface area (Å²) < 4.78 is 171. The molecule has 0 bridgehead atoms. The summed E-state index contributed by atoms with van der Waals surface area (Å²) in [5.74, 6) is -16.9. The van der Waals surface area contributed by atoms with Crippen LogP contribution in [0.3, 0.4) is 0 Å². The molecule has 0 aromatic heterocycles. The fourth-order valence-corrected chi connectivity index (χ4v) is 1.95. The molecule has 1 atom stereocenters. The van der Waals surface area contributed by atoms with Crippen LogP contribution in [0.15, 0.2) is 12.2 Å². The highest BCUT2D eigenvalue weighted by Crippen LogP contribution is 2.42. The fourth-order valence-electron chi connectivity index (χ4n) is 1.48. The molecule has 0 N–H and O–H groups in total. The molecule has 31 heavy (non-hydrogen) atoms. The molecule has 0 aliphatic carbocycles. The Hall–Kier alpha value is -2.15. The van der Waals surface area contributed by atoms with Crippen molar-refractivity contribution >= 4 is 22.1 Å². The minimum Gasteiger partial charge on any atom is -0.743 e. The first-order valence-corrected chi connectivity index (χ1v) is 8.38. The number of alkyl halides is 10. The topological polar surface area (TPSA) is 119 Å². The van der Waals surface area contributed by atoms with E-state index in [-0.39, 0.29) is 7.11 Å². The lowest BCUT2D eigenvalue weighted by atomic mass is 10.2. The molecule has 0 aromatic carbocycles. The molecule has 0 aromatic rings. The number of ether oxygens (including phenoxy) is 3. The number of carbonyl (C=O) groups is 2. The largest absolute Gasteiger partial charge is 0.743 e. The van der Waals surface area contributed by atoms with Crippen LogP contribution >= 0.6 is 0 Å². The molecular formula is C12H9F10O8S-. The van der Waals surface area contributed by atoms with Crippen molar-refractivity contribution in [2.75, 3.05) is 13.7 Å². The number of methoxy groups -OCH3 is 1. The molecule has 0 saturated carbocycles. The normalized spacial score (nSPS) is 15.7. The van der Waals surface area contributed by atoms with Gasteiger partial charge in [0.1, 0.15) is 5.57 Å². The molecule has 19 heteroatoms. The third-order valence-electron chi connectivity index (χ3n) is 3.11. The van der Waals surface area contributed by atoms with Crippen LogP contribution in [0.4, 0.5) is 43.9 Å². The van der Waals surface area contributed by atoms with E-state index in [1.807, 2.05) is 0 Å². The van der Waals surface area contributed by atoms with E-state index in [0.717, 1.165) is 0 Å². The Morgan fingerprint density at radius 3 is 1.74 bits per heavy atom. The first-order valence-electron chi connectivity index (χ1n) is 6.97. The van der Waals surface area contributed by atoms with E-state index in [9.17, 15) is 66.5 Å². The van der Waals surface area contributed by atoms with Gasteiger partial charge in [0.2, 0.25) is 0 Å². The minimum atomic E-state index is -7.05. The summed E-state index contributed by atoms with van der Waals surface area (Å²) in [6.07, 6.45) is -14.7. The number of hydrogen-bond donors (Lipinski definition) is 0. The van der Waals surface area contributed by atoms with Crippen LogP contribution in [-0.4, -0.2) is 67.9 Å². The zero-order chi connectivity index (χ0) is 25.3. The molecule has 0 saturated heterocycles. The molecule has 1 unspecified atom stereocenters. The van der Waals surface area contributed by atoms with Gasteiger partial charge in [-0.25, -0.2) is 18.0 Å². The first kappa shape index (κ1) is 28.9. The van der Waals surface area contributed by atoms with Crippen molar-refractivity contribution in [3.05, 3.63) is 12.2 Å². The van der Waals surface area contributed by atoms with Gasteiger partial charge in [0.15, 0.2) is 10.1 Å². The third kappa shape index (κ3) is 5.97. The predicted molar refractivity (Wildman–Crippen MR) is 72.2 cm³/mol. The van der Waals surface area contributed by atoms with Gasteiger partial charge >= 0.3 is 41.3 Å². The molecule has 0 spiro atoms. The SMILES string of the molecule is C=C(C(=O)OC(OCCC(F)(F)C(F)(F)S(=O)(=O)[O-])(C(=O)OC)C(F)(F)F)C(F)(F)F. The van der Waals surface area contributed by atoms with Crippen LogP contribution in [0, 0.1) is 0 Å². The van der Waals surface area contributed by atoms with Gasteiger partial charge in [-0.1, -0.05) is 6.58 Å². The van der Waals surface area contributed by atoms with Gasteiger partial charge < -0.3 is 18.8 Å². The Morgan fingerprint density at radius 1 is 0.968 bits per heavy atom. The summed E-state index contributed by atoms with van der Waals surface area (Å²) in [7, 11) is -6.89. The second-order valence-electron chi connectivity index (χ2n) is 5.25. The second-order valence-corrected chi connectivity index (χ2v) is 6.67. The fraction of sp³-hybridized carbons (Fsp3) is 0.667. The van der Waals surface area contributed by atoms with Crippen LogP contribution in [0.2, 0.25) is 0 Å². The summed E-state index contributed by atoms with van der Waals surface area (Å²) in [6.45, 7) is -0.343. The zero-order valence-corrected chi connectivity index (χ0v) is 15.4. The highest BCUT2D eigenvalue weighted by molar-refractivity contribution is 7.86. The Labute approximate surface area is 165 Å². The van der Waals surface area contributed by atoms with Gasteiger partial charge in [-0.15, -0.1) is 0 Å². The predicted octanol–water partition coefficient (Wildman–Crippen LogP) is 2.26. The smallest absolute Gasteiger partial charge is 0.468 e. The van der Waals surface area contributed by atoms with Gasteiger partial charge in [-0.3, -0.25) is 0 Å². The Morgan fingerprint density at radius 2 is 1.42 bits per heavy atom. The van der Waals surface area contributed by atoms with Gasteiger partial charge in [0.05, 0.1) is 13.7 Å². The van der Waals surface area contributed by atoms with E-state index in [1.54, 1.807) is 0 Å². The molecular weight excluding hydrogens is 494 g/mol. The van der Waals surface area contributed by atoms with Gasteiger partial charge in [0, 0.05) is 6.42 Å². The first-order chi connectivity index (χ1) is 13.5. The van der Waals surface area contributed by atoms with Crippen LogP contribution in [0.25, 0.3) is 0 Å². The maximum Gasteiger partial charge on any atom is 0.468 e. The molecule has 0 heterocycles. The Bertz CT molecular complexity index is 816. The van der Waals surface area contributed by atoms with Crippen LogP contribution < -0.4 is 0 Å². The van der Waals surface area contributed by atoms with Crippen molar-refractivity contribution in [2.24, 2.45) is 0 Å². The molecule has 0 radical (unpaired) electrons. The van der Waals surface area contributed by atoms with Crippen molar-refractivity contribution in [3.8, 4) is 0 Å². The van der Waals surface area contributed by atoms with Crippen molar-refractivity contribution in [2.45, 2.75) is 35.7 Å². The maximum absolute atomic E-state index is 13.3. The number of carbonyl (C=O) groups excluding carboxylic acids is 2. The summed E-state index contributed by atoms with van der Waals surface area (Å²) in [4.78, 5) is 22.8. The molecule has 0 aliphatic rings. The minimum absolute atomic E-state index is 0.158. The van der Waals surface area contributed by atoms with Crippen molar-refractivity contribution in [1.82, 2.24) is 0 Å². The zero-order valence-electron chi connectivity index (χ0n) is 14.6. The summed E-state index contributed by atoms with van der Waals surface area (Å²) in [6, 6.07) is 0. The van der Waals surface area contributed by atoms with E-state index in [0.29, 0.717) is 0 Å². The quantitative estimate of drug-likeness (QED) is 0.155. The van der Waals surface area contributed by atoms with Crippen molar-refractivity contribution in [1.29, 1.82) is 0 Å². The van der Waals surface area contributed by atoms with Crippen LogP contribution in [0.5, 0.6) is 0 Å². The van der Waals surface area contributed by atoms with Gasteiger partial charge in [-0.2, -0.15) is 43.9 Å². The number of hydrogen-bond acceptors (Lipinski definition) is 8.